The van der Waals surface area contributed by atoms with Crippen molar-refractivity contribution in [3.05, 3.63) is 76.7 Å². The number of hydrogen-bond acceptors (Lipinski definition) is 5. The Morgan fingerprint density at radius 3 is 2.68 bits per heavy atom. The molecule has 5 rings (SSSR count). The van der Waals surface area contributed by atoms with E-state index in [2.05, 4.69) is 9.88 Å². The molecule has 0 N–H and O–H groups in total. The average Bonchev–Trinajstić information content (AvgIpc) is 3.11. The van der Waals surface area contributed by atoms with Crippen molar-refractivity contribution in [2.75, 3.05) is 24.6 Å². The molecular formula is C23H22FN5O2. The van der Waals surface area contributed by atoms with Crippen LogP contribution in [0.1, 0.15) is 11.8 Å². The molecule has 3 aromatic heterocycles. The second kappa shape index (κ2) is 7.63. The third kappa shape index (κ3) is 3.48. The van der Waals surface area contributed by atoms with Gasteiger partial charge in [-0.15, -0.1) is 0 Å². The molecule has 4 heterocycles. The number of halogens is 1. The van der Waals surface area contributed by atoms with Crippen molar-refractivity contribution in [2.45, 2.75) is 6.10 Å². The van der Waals surface area contributed by atoms with Crippen molar-refractivity contribution >= 4 is 16.9 Å². The highest BCUT2D eigenvalue weighted by Crippen LogP contribution is 2.30. The predicted molar refractivity (Wildman–Crippen MR) is 116 cm³/mol. The topological polar surface area (TPSA) is 65.2 Å². The summed E-state index contributed by atoms with van der Waals surface area (Å²) in [6.45, 7) is 1.65. The van der Waals surface area contributed by atoms with Gasteiger partial charge in [-0.05, 0) is 36.4 Å². The number of fused-ring (bicyclic) bond motifs is 1. The van der Waals surface area contributed by atoms with Crippen LogP contribution in [0.4, 0.5) is 10.3 Å². The number of pyridine rings is 1. The summed E-state index contributed by atoms with van der Waals surface area (Å²) in [5.41, 5.74) is 3.24. The van der Waals surface area contributed by atoms with Gasteiger partial charge in [0, 0.05) is 61.3 Å². The third-order valence-corrected chi connectivity index (χ3v) is 5.81. The van der Waals surface area contributed by atoms with Crippen LogP contribution in [0.5, 0.6) is 0 Å². The Morgan fingerprint density at radius 1 is 1.06 bits per heavy atom. The molecule has 1 saturated heterocycles. The SMILES string of the molecule is Cn1c(N2CCOC(c3cc4cc(F)ccc4n3C)C2)nc(-c2ccncc2)cc1=O. The molecule has 0 amide bonds. The summed E-state index contributed by atoms with van der Waals surface area (Å²) in [4.78, 5) is 23.5. The molecule has 31 heavy (non-hydrogen) atoms. The van der Waals surface area contributed by atoms with Crippen LogP contribution >= 0.6 is 0 Å². The van der Waals surface area contributed by atoms with E-state index in [1.54, 1.807) is 30.1 Å². The molecule has 1 fully saturated rings. The minimum Gasteiger partial charge on any atom is -0.368 e. The highest BCUT2D eigenvalue weighted by molar-refractivity contribution is 5.81. The summed E-state index contributed by atoms with van der Waals surface area (Å²) in [6, 6.07) is 11.9. The van der Waals surface area contributed by atoms with Gasteiger partial charge in [0.2, 0.25) is 5.95 Å². The van der Waals surface area contributed by atoms with Crippen molar-refractivity contribution in [1.82, 2.24) is 19.1 Å². The fraction of sp³-hybridized carbons (Fsp3) is 0.261. The molecule has 0 bridgehead atoms. The van der Waals surface area contributed by atoms with Crippen LogP contribution in [-0.4, -0.2) is 38.8 Å². The van der Waals surface area contributed by atoms with Crippen molar-refractivity contribution in [3.63, 3.8) is 0 Å². The van der Waals surface area contributed by atoms with E-state index in [4.69, 9.17) is 9.72 Å². The molecule has 1 aliphatic rings. The lowest BCUT2D eigenvalue weighted by Crippen LogP contribution is -2.42. The normalized spacial score (nSPS) is 16.7. The lowest BCUT2D eigenvalue weighted by Gasteiger charge is -2.34. The van der Waals surface area contributed by atoms with Crippen LogP contribution in [-0.2, 0) is 18.8 Å². The van der Waals surface area contributed by atoms with Gasteiger partial charge in [-0.3, -0.25) is 14.3 Å². The van der Waals surface area contributed by atoms with Crippen LogP contribution in [0.3, 0.4) is 0 Å². The second-order valence-corrected chi connectivity index (χ2v) is 7.71. The van der Waals surface area contributed by atoms with Gasteiger partial charge < -0.3 is 14.2 Å². The second-order valence-electron chi connectivity index (χ2n) is 7.71. The van der Waals surface area contributed by atoms with Gasteiger partial charge in [-0.25, -0.2) is 9.37 Å². The molecular weight excluding hydrogens is 397 g/mol. The fourth-order valence-corrected chi connectivity index (χ4v) is 4.14. The molecule has 158 valence electrons. The first kappa shape index (κ1) is 19.4. The Hall–Kier alpha value is -3.52. The lowest BCUT2D eigenvalue weighted by atomic mass is 10.2. The number of benzene rings is 1. The summed E-state index contributed by atoms with van der Waals surface area (Å²) < 4.78 is 23.3. The maximum absolute atomic E-state index is 13.7. The van der Waals surface area contributed by atoms with Crippen LogP contribution in [0.25, 0.3) is 22.2 Å². The van der Waals surface area contributed by atoms with E-state index >= 15 is 0 Å². The summed E-state index contributed by atoms with van der Waals surface area (Å²) in [7, 11) is 3.68. The van der Waals surface area contributed by atoms with Crippen LogP contribution in [0.15, 0.2) is 59.7 Å². The maximum atomic E-state index is 13.7. The highest BCUT2D eigenvalue weighted by atomic mass is 19.1. The molecule has 0 radical (unpaired) electrons. The van der Waals surface area contributed by atoms with Gasteiger partial charge >= 0.3 is 0 Å². The zero-order valence-electron chi connectivity index (χ0n) is 17.3. The smallest absolute Gasteiger partial charge is 0.255 e. The molecule has 0 saturated carbocycles. The number of rotatable bonds is 3. The quantitative estimate of drug-likeness (QED) is 0.511. The van der Waals surface area contributed by atoms with E-state index in [1.807, 2.05) is 29.8 Å². The van der Waals surface area contributed by atoms with E-state index in [0.717, 1.165) is 22.2 Å². The maximum Gasteiger partial charge on any atom is 0.255 e. The first-order chi connectivity index (χ1) is 15.0. The Kier molecular flexibility index (Phi) is 4.78. The van der Waals surface area contributed by atoms with Crippen LogP contribution < -0.4 is 10.5 Å². The fourth-order valence-electron chi connectivity index (χ4n) is 4.14. The highest BCUT2D eigenvalue weighted by Gasteiger charge is 2.27. The molecule has 1 aliphatic heterocycles. The standard InChI is InChI=1S/C23H22FN5O2/c1-27-19-4-3-17(24)11-16(19)12-20(27)21-14-29(9-10-31-21)23-26-18(13-22(30)28(23)2)15-5-7-25-8-6-15/h3-8,11-13,21H,9-10,14H2,1-2H3. The average molecular weight is 419 g/mol. The summed E-state index contributed by atoms with van der Waals surface area (Å²) >= 11 is 0. The first-order valence-electron chi connectivity index (χ1n) is 10.1. The minimum atomic E-state index is -0.261. The number of ether oxygens (including phenoxy) is 1. The van der Waals surface area contributed by atoms with Crippen molar-refractivity contribution < 1.29 is 9.13 Å². The Morgan fingerprint density at radius 2 is 1.87 bits per heavy atom. The molecule has 8 heteroatoms. The van der Waals surface area contributed by atoms with Crippen molar-refractivity contribution in [2.24, 2.45) is 14.1 Å². The van der Waals surface area contributed by atoms with E-state index in [0.29, 0.717) is 31.3 Å². The van der Waals surface area contributed by atoms with Gasteiger partial charge in [0.05, 0.1) is 18.8 Å². The van der Waals surface area contributed by atoms with Crippen molar-refractivity contribution in [3.8, 4) is 11.3 Å². The van der Waals surface area contributed by atoms with Gasteiger partial charge in [0.15, 0.2) is 0 Å². The van der Waals surface area contributed by atoms with Crippen molar-refractivity contribution in [1.29, 1.82) is 0 Å². The molecule has 7 nitrogen and oxygen atoms in total. The Bertz CT molecular complexity index is 1320. The van der Waals surface area contributed by atoms with E-state index in [9.17, 15) is 9.18 Å². The van der Waals surface area contributed by atoms with Gasteiger partial charge in [-0.1, -0.05) is 0 Å². The van der Waals surface area contributed by atoms with E-state index in [1.165, 1.54) is 18.2 Å². The number of aromatic nitrogens is 4. The van der Waals surface area contributed by atoms with Gasteiger partial charge in [-0.2, -0.15) is 0 Å². The predicted octanol–water partition coefficient (Wildman–Crippen LogP) is 3.05. The molecule has 1 aromatic carbocycles. The van der Waals surface area contributed by atoms with Gasteiger partial charge in [0.25, 0.3) is 5.56 Å². The summed E-state index contributed by atoms with van der Waals surface area (Å²) in [5.74, 6) is 0.334. The lowest BCUT2D eigenvalue weighted by molar-refractivity contribution is 0.0347. The molecule has 4 aromatic rings. The third-order valence-electron chi connectivity index (χ3n) is 5.81. The largest absolute Gasteiger partial charge is 0.368 e. The Labute approximate surface area is 178 Å². The summed E-state index contributed by atoms with van der Waals surface area (Å²) in [5, 5.41) is 0.837. The number of anilines is 1. The minimum absolute atomic E-state index is 0.125. The summed E-state index contributed by atoms with van der Waals surface area (Å²) in [6.07, 6.45) is 3.14. The van der Waals surface area contributed by atoms with Crippen LogP contribution in [0.2, 0.25) is 0 Å². The number of nitrogens with zero attached hydrogens (tertiary/aromatic N) is 5. The molecule has 1 atom stereocenters. The zero-order valence-corrected chi connectivity index (χ0v) is 17.3. The number of morpholine rings is 1. The van der Waals surface area contributed by atoms with E-state index < -0.39 is 0 Å². The monoisotopic (exact) mass is 419 g/mol. The number of hydrogen-bond donors (Lipinski definition) is 0. The van der Waals surface area contributed by atoms with Gasteiger partial charge in [0.1, 0.15) is 11.9 Å². The first-order valence-corrected chi connectivity index (χ1v) is 10.1. The van der Waals surface area contributed by atoms with E-state index in [-0.39, 0.29) is 17.5 Å². The Balaban J connectivity index is 1.51. The number of aryl methyl sites for hydroxylation is 1. The van der Waals surface area contributed by atoms with Crippen LogP contribution in [0, 0.1) is 5.82 Å². The molecule has 0 spiro atoms. The molecule has 0 aliphatic carbocycles. The molecule has 1 unspecified atom stereocenters. The zero-order chi connectivity index (χ0) is 21.5.